The van der Waals surface area contributed by atoms with Crippen LogP contribution in [0, 0.1) is 11.6 Å². The van der Waals surface area contributed by atoms with Gasteiger partial charge in [0.05, 0.1) is 5.69 Å². The van der Waals surface area contributed by atoms with Crippen molar-refractivity contribution in [1.29, 1.82) is 0 Å². The lowest BCUT2D eigenvalue weighted by atomic mass is 10.3. The molecule has 6 nitrogen and oxygen atoms in total. The van der Waals surface area contributed by atoms with Crippen LogP contribution in [0.1, 0.15) is 10.5 Å². The molecule has 0 fully saturated rings. The summed E-state index contributed by atoms with van der Waals surface area (Å²) >= 11 is 0. The summed E-state index contributed by atoms with van der Waals surface area (Å²) in [7, 11) is -4.54. The number of halogens is 2. The molecule has 9 heteroatoms. The lowest BCUT2D eigenvalue weighted by Crippen LogP contribution is -2.17. The highest BCUT2D eigenvalue weighted by molar-refractivity contribution is 7.92. The highest BCUT2D eigenvalue weighted by atomic mass is 32.2. The molecule has 0 radical (unpaired) electrons. The summed E-state index contributed by atoms with van der Waals surface area (Å²) in [6.07, 6.45) is 1.05. The molecule has 1 aromatic carbocycles. The van der Waals surface area contributed by atoms with Gasteiger partial charge in [-0.2, -0.15) is 0 Å². The van der Waals surface area contributed by atoms with Gasteiger partial charge >= 0.3 is 5.97 Å². The van der Waals surface area contributed by atoms with Crippen LogP contribution in [-0.4, -0.2) is 24.5 Å². The molecule has 0 saturated heterocycles. The van der Waals surface area contributed by atoms with Gasteiger partial charge in [-0.05, 0) is 24.3 Å². The van der Waals surface area contributed by atoms with Gasteiger partial charge in [0.15, 0.2) is 4.90 Å². The molecule has 1 aromatic heterocycles. The van der Waals surface area contributed by atoms with E-state index in [1.54, 1.807) is 0 Å². The van der Waals surface area contributed by atoms with Crippen LogP contribution in [0.25, 0.3) is 0 Å². The number of nitrogens with one attached hydrogen (secondary N) is 1. The van der Waals surface area contributed by atoms with Gasteiger partial charge in [0.1, 0.15) is 17.3 Å². The first-order chi connectivity index (χ1) is 9.81. The van der Waals surface area contributed by atoms with Crippen molar-refractivity contribution < 1.29 is 27.1 Å². The summed E-state index contributed by atoms with van der Waals surface area (Å²) < 4.78 is 52.8. The molecule has 0 aliphatic carbocycles. The fraction of sp³-hybridized carbons (Fsp3) is 0. The molecule has 2 rings (SSSR count). The van der Waals surface area contributed by atoms with E-state index >= 15 is 0 Å². The average Bonchev–Trinajstić information content (AvgIpc) is 2.37. The number of sulfonamides is 1. The van der Waals surface area contributed by atoms with E-state index in [0.717, 1.165) is 36.5 Å². The van der Waals surface area contributed by atoms with Crippen LogP contribution in [0.2, 0.25) is 0 Å². The van der Waals surface area contributed by atoms with Crippen LogP contribution in [-0.2, 0) is 10.0 Å². The third-order valence-electron chi connectivity index (χ3n) is 2.42. The maximum Gasteiger partial charge on any atom is 0.354 e. The first kappa shape index (κ1) is 14.9. The second-order valence-electron chi connectivity index (χ2n) is 3.89. The van der Waals surface area contributed by atoms with Gasteiger partial charge in [0, 0.05) is 6.20 Å². The monoisotopic (exact) mass is 314 g/mol. The van der Waals surface area contributed by atoms with Gasteiger partial charge < -0.3 is 5.11 Å². The van der Waals surface area contributed by atoms with Crippen molar-refractivity contribution in [1.82, 2.24) is 4.98 Å². The predicted molar refractivity (Wildman–Crippen MR) is 68.4 cm³/mol. The summed E-state index contributed by atoms with van der Waals surface area (Å²) in [5.74, 6) is -3.88. The largest absolute Gasteiger partial charge is 0.477 e. The maximum absolute atomic E-state index is 13.5. The summed E-state index contributed by atoms with van der Waals surface area (Å²) in [6.45, 7) is 0. The number of hydrogen-bond acceptors (Lipinski definition) is 4. The molecule has 0 aliphatic rings. The zero-order valence-corrected chi connectivity index (χ0v) is 11.1. The Morgan fingerprint density at radius 1 is 1.19 bits per heavy atom. The number of benzene rings is 1. The summed E-state index contributed by atoms with van der Waals surface area (Å²) in [6, 6.07) is 4.71. The van der Waals surface area contributed by atoms with E-state index in [2.05, 4.69) is 4.98 Å². The van der Waals surface area contributed by atoms with Gasteiger partial charge in [0.25, 0.3) is 10.0 Å². The molecule has 110 valence electrons. The first-order valence-electron chi connectivity index (χ1n) is 5.47. The van der Waals surface area contributed by atoms with Crippen LogP contribution < -0.4 is 4.72 Å². The standard InChI is InChI=1S/C12H8F2N2O4S/c13-8-2-1-3-9(14)11(8)21(19,20)16-7-4-5-15-10(6-7)12(17)18/h1-6H,(H,15,16)(H,17,18). The quantitative estimate of drug-likeness (QED) is 0.898. The van der Waals surface area contributed by atoms with E-state index < -0.39 is 38.2 Å². The Bertz CT molecular complexity index is 788. The van der Waals surface area contributed by atoms with E-state index in [-0.39, 0.29) is 5.69 Å². The molecule has 0 aliphatic heterocycles. The van der Waals surface area contributed by atoms with Gasteiger partial charge in [-0.15, -0.1) is 0 Å². The zero-order valence-electron chi connectivity index (χ0n) is 10.2. The molecule has 2 N–H and O–H groups in total. The Morgan fingerprint density at radius 2 is 1.81 bits per heavy atom. The van der Waals surface area contributed by atoms with Gasteiger partial charge in [-0.3, -0.25) is 4.72 Å². The number of pyridine rings is 1. The van der Waals surface area contributed by atoms with Gasteiger partial charge in [-0.25, -0.2) is 27.0 Å². The van der Waals surface area contributed by atoms with E-state index in [1.165, 1.54) is 0 Å². The average molecular weight is 314 g/mol. The van der Waals surface area contributed by atoms with Crippen molar-refractivity contribution >= 4 is 21.7 Å². The minimum Gasteiger partial charge on any atom is -0.477 e. The van der Waals surface area contributed by atoms with Gasteiger partial charge in [-0.1, -0.05) is 6.07 Å². The van der Waals surface area contributed by atoms with E-state index in [4.69, 9.17) is 5.11 Å². The Labute approximate surface area is 118 Å². The SMILES string of the molecule is O=C(O)c1cc(NS(=O)(=O)c2c(F)cccc2F)ccn1. The number of carboxylic acid groups (broad SMARTS) is 1. The molecule has 21 heavy (non-hydrogen) atoms. The van der Waals surface area contributed by atoms with E-state index in [9.17, 15) is 22.0 Å². The Kier molecular flexibility index (Phi) is 3.85. The third-order valence-corrected chi connectivity index (χ3v) is 3.85. The number of anilines is 1. The minimum atomic E-state index is -4.54. The Morgan fingerprint density at radius 3 is 2.38 bits per heavy atom. The van der Waals surface area contributed by atoms with Crippen molar-refractivity contribution in [2.24, 2.45) is 0 Å². The molecule has 1 heterocycles. The molecule has 2 aromatic rings. The van der Waals surface area contributed by atoms with Crippen molar-refractivity contribution in [3.05, 3.63) is 53.9 Å². The van der Waals surface area contributed by atoms with E-state index in [0.29, 0.717) is 0 Å². The highest BCUT2D eigenvalue weighted by Gasteiger charge is 2.24. The summed E-state index contributed by atoms with van der Waals surface area (Å²) in [5, 5.41) is 8.75. The van der Waals surface area contributed by atoms with E-state index in [1.807, 2.05) is 4.72 Å². The number of rotatable bonds is 4. The van der Waals surface area contributed by atoms with Crippen LogP contribution in [0.15, 0.2) is 41.4 Å². The lowest BCUT2D eigenvalue weighted by molar-refractivity contribution is 0.0690. The predicted octanol–water partition coefficient (Wildman–Crippen LogP) is 1.86. The van der Waals surface area contributed by atoms with Crippen molar-refractivity contribution in [3.8, 4) is 0 Å². The lowest BCUT2D eigenvalue weighted by Gasteiger charge is -2.09. The number of aromatic nitrogens is 1. The second kappa shape index (κ2) is 5.44. The molecule has 0 saturated carbocycles. The molecule has 0 unspecified atom stereocenters. The second-order valence-corrected chi connectivity index (χ2v) is 5.51. The Hall–Kier alpha value is -2.55. The minimum absolute atomic E-state index is 0.176. The number of aromatic carboxylic acids is 1. The number of carboxylic acids is 1. The molecular weight excluding hydrogens is 306 g/mol. The summed E-state index contributed by atoms with van der Waals surface area (Å²) in [5.41, 5.74) is -0.589. The van der Waals surface area contributed by atoms with Crippen molar-refractivity contribution in [2.75, 3.05) is 4.72 Å². The topological polar surface area (TPSA) is 96.4 Å². The van der Waals surface area contributed by atoms with Crippen LogP contribution in [0.4, 0.5) is 14.5 Å². The van der Waals surface area contributed by atoms with Crippen LogP contribution >= 0.6 is 0 Å². The maximum atomic E-state index is 13.5. The van der Waals surface area contributed by atoms with Gasteiger partial charge in [0.2, 0.25) is 0 Å². The Balaban J connectivity index is 2.43. The number of hydrogen-bond donors (Lipinski definition) is 2. The van der Waals surface area contributed by atoms with Crippen molar-refractivity contribution in [3.63, 3.8) is 0 Å². The van der Waals surface area contributed by atoms with Crippen LogP contribution in [0.5, 0.6) is 0 Å². The molecule has 0 bridgehead atoms. The first-order valence-corrected chi connectivity index (χ1v) is 6.96. The molecule has 0 amide bonds. The zero-order chi connectivity index (χ0) is 15.6. The molecule has 0 spiro atoms. The number of nitrogens with zero attached hydrogens (tertiary/aromatic N) is 1. The fourth-order valence-electron chi connectivity index (χ4n) is 1.56. The molecule has 0 atom stereocenters. The summed E-state index contributed by atoms with van der Waals surface area (Å²) in [4.78, 5) is 13.1. The fourth-order valence-corrected chi connectivity index (χ4v) is 2.75. The molecular formula is C12H8F2N2O4S. The van der Waals surface area contributed by atoms with Crippen molar-refractivity contribution in [2.45, 2.75) is 4.90 Å². The normalized spacial score (nSPS) is 11.1. The van der Waals surface area contributed by atoms with Crippen LogP contribution in [0.3, 0.4) is 0 Å². The highest BCUT2D eigenvalue weighted by Crippen LogP contribution is 2.21. The number of carbonyl (C=O) groups is 1. The smallest absolute Gasteiger partial charge is 0.354 e. The third kappa shape index (κ3) is 3.14.